The standard InChI is InChI=1S/C23H24ClFN4O2/c1-2-28-21(26-29(23(28)31)15-16-6-4-3-5-7-16)17-10-12-27(13-11-17)22(30)19-9-8-18(25)14-20(19)24/h3-9,14,17H,2,10-13,15H2,1H3. The summed E-state index contributed by atoms with van der Waals surface area (Å²) in [4.78, 5) is 27.4. The molecule has 3 aromatic rings. The molecule has 31 heavy (non-hydrogen) atoms. The predicted octanol–water partition coefficient (Wildman–Crippen LogP) is 3.93. The van der Waals surface area contributed by atoms with Crippen LogP contribution in [0.2, 0.25) is 5.02 Å². The maximum atomic E-state index is 13.3. The van der Waals surface area contributed by atoms with Crippen molar-refractivity contribution in [1.29, 1.82) is 0 Å². The Bertz CT molecular complexity index is 1130. The van der Waals surface area contributed by atoms with Gasteiger partial charge in [-0.2, -0.15) is 5.10 Å². The highest BCUT2D eigenvalue weighted by Crippen LogP contribution is 2.28. The highest BCUT2D eigenvalue weighted by Gasteiger charge is 2.29. The lowest BCUT2D eigenvalue weighted by Gasteiger charge is -2.31. The summed E-state index contributed by atoms with van der Waals surface area (Å²) in [5.74, 6) is 0.197. The number of rotatable bonds is 5. The third kappa shape index (κ3) is 4.42. The molecule has 1 saturated heterocycles. The number of aromatic nitrogens is 3. The van der Waals surface area contributed by atoms with Crippen LogP contribution in [0, 0.1) is 5.82 Å². The summed E-state index contributed by atoms with van der Waals surface area (Å²) < 4.78 is 16.5. The van der Waals surface area contributed by atoms with Gasteiger partial charge in [0, 0.05) is 25.6 Å². The van der Waals surface area contributed by atoms with Crippen LogP contribution in [0.4, 0.5) is 4.39 Å². The topological polar surface area (TPSA) is 60.1 Å². The maximum Gasteiger partial charge on any atom is 0.346 e. The molecule has 0 spiro atoms. The number of hydrogen-bond donors (Lipinski definition) is 0. The summed E-state index contributed by atoms with van der Waals surface area (Å²) in [5, 5.41) is 4.77. The van der Waals surface area contributed by atoms with Gasteiger partial charge in [-0.15, -0.1) is 0 Å². The van der Waals surface area contributed by atoms with E-state index in [1.54, 1.807) is 9.47 Å². The molecule has 6 nitrogen and oxygen atoms in total. The second kappa shape index (κ2) is 9.06. The lowest BCUT2D eigenvalue weighted by molar-refractivity contribution is 0.0710. The number of carbonyl (C=O) groups excluding carboxylic acids is 1. The second-order valence-corrected chi connectivity index (χ2v) is 8.13. The minimum Gasteiger partial charge on any atom is -0.339 e. The fraction of sp³-hybridized carbons (Fsp3) is 0.348. The Morgan fingerprint density at radius 2 is 1.87 bits per heavy atom. The van der Waals surface area contributed by atoms with Gasteiger partial charge in [-0.3, -0.25) is 9.36 Å². The lowest BCUT2D eigenvalue weighted by Crippen LogP contribution is -2.38. The molecule has 2 heterocycles. The van der Waals surface area contributed by atoms with Crippen molar-refractivity contribution in [3.63, 3.8) is 0 Å². The number of nitrogens with zero attached hydrogens (tertiary/aromatic N) is 4. The molecular weight excluding hydrogens is 419 g/mol. The number of benzene rings is 2. The van der Waals surface area contributed by atoms with Crippen LogP contribution in [0.3, 0.4) is 0 Å². The van der Waals surface area contributed by atoms with E-state index < -0.39 is 5.82 Å². The number of piperidine rings is 1. The highest BCUT2D eigenvalue weighted by atomic mass is 35.5. The van der Waals surface area contributed by atoms with Crippen LogP contribution >= 0.6 is 11.6 Å². The zero-order chi connectivity index (χ0) is 22.0. The minimum absolute atomic E-state index is 0.0948. The fourth-order valence-electron chi connectivity index (χ4n) is 4.09. The summed E-state index contributed by atoms with van der Waals surface area (Å²) in [5.41, 5.74) is 1.21. The summed E-state index contributed by atoms with van der Waals surface area (Å²) in [7, 11) is 0. The molecule has 8 heteroatoms. The van der Waals surface area contributed by atoms with Crippen molar-refractivity contribution >= 4 is 17.5 Å². The Morgan fingerprint density at radius 1 is 1.16 bits per heavy atom. The van der Waals surface area contributed by atoms with E-state index in [0.717, 1.165) is 17.5 Å². The Labute approximate surface area is 184 Å². The lowest BCUT2D eigenvalue weighted by atomic mass is 9.95. The summed E-state index contributed by atoms with van der Waals surface area (Å²) in [6.45, 7) is 3.98. The van der Waals surface area contributed by atoms with Gasteiger partial charge in [0.05, 0.1) is 17.1 Å². The molecule has 0 aliphatic carbocycles. The molecule has 0 radical (unpaired) electrons. The van der Waals surface area contributed by atoms with Crippen molar-refractivity contribution in [2.45, 2.75) is 38.8 Å². The molecule has 1 aliphatic heterocycles. The van der Waals surface area contributed by atoms with E-state index in [9.17, 15) is 14.0 Å². The van der Waals surface area contributed by atoms with E-state index in [0.29, 0.717) is 44.6 Å². The Balaban J connectivity index is 1.49. The molecule has 0 saturated carbocycles. The first-order chi connectivity index (χ1) is 15.0. The Kier molecular flexibility index (Phi) is 6.23. The minimum atomic E-state index is -0.469. The summed E-state index contributed by atoms with van der Waals surface area (Å²) >= 11 is 6.06. The average Bonchev–Trinajstić information content (AvgIpc) is 3.09. The SMILES string of the molecule is CCn1c(C2CCN(C(=O)c3ccc(F)cc3Cl)CC2)nn(Cc2ccccc2)c1=O. The van der Waals surface area contributed by atoms with Gasteiger partial charge >= 0.3 is 5.69 Å². The van der Waals surface area contributed by atoms with E-state index in [1.165, 1.54) is 16.8 Å². The molecular formula is C23H24ClFN4O2. The van der Waals surface area contributed by atoms with Crippen LogP contribution < -0.4 is 5.69 Å². The normalized spacial score (nSPS) is 14.7. The van der Waals surface area contributed by atoms with Crippen molar-refractivity contribution < 1.29 is 9.18 Å². The van der Waals surface area contributed by atoms with Crippen molar-refractivity contribution in [3.05, 3.63) is 86.8 Å². The average molecular weight is 443 g/mol. The van der Waals surface area contributed by atoms with Crippen LogP contribution in [0.25, 0.3) is 0 Å². The quantitative estimate of drug-likeness (QED) is 0.601. The van der Waals surface area contributed by atoms with E-state index >= 15 is 0 Å². The largest absolute Gasteiger partial charge is 0.346 e. The molecule has 0 atom stereocenters. The Morgan fingerprint density at radius 3 is 2.52 bits per heavy atom. The van der Waals surface area contributed by atoms with E-state index in [4.69, 9.17) is 11.6 Å². The van der Waals surface area contributed by atoms with Gasteiger partial charge in [0.2, 0.25) is 0 Å². The number of likely N-dealkylation sites (tertiary alicyclic amines) is 1. The number of amides is 1. The second-order valence-electron chi connectivity index (χ2n) is 7.72. The molecule has 1 aliphatic rings. The zero-order valence-electron chi connectivity index (χ0n) is 17.3. The third-order valence-electron chi connectivity index (χ3n) is 5.75. The molecule has 1 fully saturated rings. The summed E-state index contributed by atoms with van der Waals surface area (Å²) in [6.07, 6.45) is 1.40. The van der Waals surface area contributed by atoms with E-state index in [2.05, 4.69) is 5.10 Å². The van der Waals surface area contributed by atoms with Gasteiger partial charge in [-0.25, -0.2) is 13.9 Å². The van der Waals surface area contributed by atoms with Crippen molar-refractivity contribution in [2.75, 3.05) is 13.1 Å². The van der Waals surface area contributed by atoms with Crippen LogP contribution in [0.15, 0.2) is 53.3 Å². The van der Waals surface area contributed by atoms with Crippen LogP contribution in [0.1, 0.15) is 47.4 Å². The van der Waals surface area contributed by atoms with Crippen LogP contribution in [-0.4, -0.2) is 38.2 Å². The van der Waals surface area contributed by atoms with Gasteiger partial charge in [0.15, 0.2) is 0 Å². The van der Waals surface area contributed by atoms with Crippen LogP contribution in [0.5, 0.6) is 0 Å². The smallest absolute Gasteiger partial charge is 0.339 e. The molecule has 1 aromatic heterocycles. The molecule has 1 amide bonds. The van der Waals surface area contributed by atoms with Gasteiger partial charge in [0.25, 0.3) is 5.91 Å². The molecule has 4 rings (SSSR count). The maximum absolute atomic E-state index is 13.3. The van der Waals surface area contributed by atoms with Gasteiger partial charge in [0.1, 0.15) is 11.6 Å². The first-order valence-corrected chi connectivity index (χ1v) is 10.8. The van der Waals surface area contributed by atoms with E-state index in [-0.39, 0.29) is 22.5 Å². The van der Waals surface area contributed by atoms with Gasteiger partial charge in [-0.05, 0) is 43.5 Å². The molecule has 0 N–H and O–H groups in total. The predicted molar refractivity (Wildman–Crippen MR) is 117 cm³/mol. The molecule has 0 bridgehead atoms. The van der Waals surface area contributed by atoms with Crippen molar-refractivity contribution in [2.24, 2.45) is 0 Å². The van der Waals surface area contributed by atoms with Gasteiger partial charge < -0.3 is 4.90 Å². The summed E-state index contributed by atoms with van der Waals surface area (Å²) in [6, 6.07) is 13.6. The number of halogens is 2. The zero-order valence-corrected chi connectivity index (χ0v) is 18.1. The monoisotopic (exact) mass is 442 g/mol. The van der Waals surface area contributed by atoms with E-state index in [1.807, 2.05) is 37.3 Å². The van der Waals surface area contributed by atoms with Gasteiger partial charge in [-0.1, -0.05) is 41.9 Å². The highest BCUT2D eigenvalue weighted by molar-refractivity contribution is 6.33. The fourth-order valence-corrected chi connectivity index (χ4v) is 4.34. The first-order valence-electron chi connectivity index (χ1n) is 10.4. The van der Waals surface area contributed by atoms with Crippen molar-refractivity contribution in [1.82, 2.24) is 19.2 Å². The molecule has 2 aromatic carbocycles. The third-order valence-corrected chi connectivity index (χ3v) is 6.06. The molecule has 162 valence electrons. The number of carbonyl (C=O) groups is 1. The van der Waals surface area contributed by atoms with Crippen molar-refractivity contribution in [3.8, 4) is 0 Å². The van der Waals surface area contributed by atoms with Crippen LogP contribution in [-0.2, 0) is 13.1 Å². The number of hydrogen-bond acceptors (Lipinski definition) is 3. The Hall–Kier alpha value is -2.93. The first kappa shape index (κ1) is 21.3. The molecule has 0 unspecified atom stereocenters.